The lowest BCUT2D eigenvalue weighted by Gasteiger charge is -2.35. The molecule has 28 heavy (non-hydrogen) atoms. The van der Waals surface area contributed by atoms with Gasteiger partial charge in [0.1, 0.15) is 5.70 Å². The van der Waals surface area contributed by atoms with Crippen LogP contribution in [0.15, 0.2) is 30.0 Å². The zero-order valence-electron chi connectivity index (χ0n) is 16.7. The van der Waals surface area contributed by atoms with Crippen molar-refractivity contribution in [3.05, 3.63) is 41.1 Å². The third-order valence-corrected chi connectivity index (χ3v) is 6.46. The van der Waals surface area contributed by atoms with E-state index in [2.05, 4.69) is 4.90 Å². The molecule has 1 N–H and O–H groups in total. The molecule has 1 saturated carbocycles. The number of amides is 2. The fourth-order valence-electron chi connectivity index (χ4n) is 4.90. The Morgan fingerprint density at radius 2 is 1.68 bits per heavy atom. The van der Waals surface area contributed by atoms with Crippen LogP contribution in [0.25, 0.3) is 5.57 Å². The quantitative estimate of drug-likeness (QED) is 0.813. The van der Waals surface area contributed by atoms with Gasteiger partial charge in [0.25, 0.3) is 11.8 Å². The summed E-state index contributed by atoms with van der Waals surface area (Å²) in [5.41, 5.74) is 3.06. The molecule has 1 aliphatic carbocycles. The maximum atomic E-state index is 13.5. The molecule has 150 valence electrons. The van der Waals surface area contributed by atoms with Crippen LogP contribution in [-0.4, -0.2) is 52.5 Å². The predicted molar refractivity (Wildman–Crippen MR) is 108 cm³/mol. The highest BCUT2D eigenvalue weighted by Crippen LogP contribution is 2.37. The topological polar surface area (TPSA) is 60.9 Å². The third-order valence-electron chi connectivity index (χ3n) is 6.46. The van der Waals surface area contributed by atoms with E-state index in [-0.39, 0.29) is 30.4 Å². The van der Waals surface area contributed by atoms with E-state index >= 15 is 0 Å². The number of imide groups is 1. The molecule has 1 atom stereocenters. The molecule has 2 fully saturated rings. The number of aliphatic hydroxyl groups excluding tert-OH is 1. The minimum absolute atomic E-state index is 0.0186. The van der Waals surface area contributed by atoms with E-state index in [0.29, 0.717) is 17.8 Å². The van der Waals surface area contributed by atoms with E-state index in [4.69, 9.17) is 0 Å². The predicted octanol–water partition coefficient (Wildman–Crippen LogP) is 3.11. The Labute approximate surface area is 167 Å². The van der Waals surface area contributed by atoms with E-state index in [1.165, 1.54) is 6.42 Å². The van der Waals surface area contributed by atoms with Gasteiger partial charge in [0, 0.05) is 25.7 Å². The molecule has 1 saturated heterocycles. The van der Waals surface area contributed by atoms with Crippen molar-refractivity contribution in [1.82, 2.24) is 9.80 Å². The fraction of sp³-hybridized carbons (Fsp3) is 0.565. The molecular formula is C23H30N2O3. The molecule has 5 heteroatoms. The van der Waals surface area contributed by atoms with E-state index < -0.39 is 0 Å². The lowest BCUT2D eigenvalue weighted by atomic mass is 9.94. The third kappa shape index (κ3) is 3.48. The summed E-state index contributed by atoms with van der Waals surface area (Å²) in [5, 5.41) is 9.63. The number of benzene rings is 1. The Morgan fingerprint density at radius 1 is 0.964 bits per heavy atom. The highest BCUT2D eigenvalue weighted by Gasteiger charge is 2.45. The molecule has 2 heterocycles. The first-order valence-electron chi connectivity index (χ1n) is 10.6. The van der Waals surface area contributed by atoms with Crippen LogP contribution in [0.3, 0.4) is 0 Å². The van der Waals surface area contributed by atoms with Gasteiger partial charge >= 0.3 is 0 Å². The lowest BCUT2D eigenvalue weighted by molar-refractivity contribution is -0.141. The number of carbonyl (C=O) groups excluding carboxylic acids is 2. The van der Waals surface area contributed by atoms with Crippen LogP contribution in [0.4, 0.5) is 0 Å². The van der Waals surface area contributed by atoms with Crippen LogP contribution in [0.2, 0.25) is 0 Å². The SMILES string of the molecule is Cc1ccc(C2=C(N3CCCC(CO)C3)C(=O)N(C3CCCCC3)C2=O)cc1. The van der Waals surface area contributed by atoms with Crippen molar-refractivity contribution in [1.29, 1.82) is 0 Å². The maximum Gasteiger partial charge on any atom is 0.278 e. The number of hydrogen-bond donors (Lipinski definition) is 1. The summed E-state index contributed by atoms with van der Waals surface area (Å²) in [6.07, 6.45) is 7.05. The van der Waals surface area contributed by atoms with Crippen LogP contribution in [0.1, 0.15) is 56.1 Å². The first-order valence-corrected chi connectivity index (χ1v) is 10.6. The summed E-state index contributed by atoms with van der Waals surface area (Å²) in [5.74, 6) is -0.111. The lowest BCUT2D eigenvalue weighted by Crippen LogP contribution is -2.45. The molecule has 1 aromatic rings. The Kier molecular flexibility index (Phi) is 5.54. The van der Waals surface area contributed by atoms with Gasteiger partial charge in [-0.05, 0) is 44.1 Å². The average molecular weight is 383 g/mol. The summed E-state index contributed by atoms with van der Waals surface area (Å²) >= 11 is 0. The number of rotatable bonds is 4. The highest BCUT2D eigenvalue weighted by atomic mass is 16.3. The second-order valence-corrected chi connectivity index (χ2v) is 8.50. The molecule has 1 aromatic carbocycles. The van der Waals surface area contributed by atoms with Gasteiger partial charge in [-0.1, -0.05) is 49.1 Å². The van der Waals surface area contributed by atoms with Crippen molar-refractivity contribution in [2.24, 2.45) is 5.92 Å². The largest absolute Gasteiger partial charge is 0.396 e. The molecule has 1 unspecified atom stereocenters. The van der Waals surface area contributed by atoms with E-state index in [0.717, 1.165) is 56.2 Å². The normalized spacial score (nSPS) is 24.4. The molecule has 4 rings (SSSR count). The molecular weight excluding hydrogens is 352 g/mol. The Morgan fingerprint density at radius 3 is 2.36 bits per heavy atom. The van der Waals surface area contributed by atoms with Crippen LogP contribution in [0, 0.1) is 12.8 Å². The summed E-state index contributed by atoms with van der Waals surface area (Å²) in [6, 6.07) is 7.91. The summed E-state index contributed by atoms with van der Waals surface area (Å²) in [6.45, 7) is 3.54. The van der Waals surface area contributed by atoms with Gasteiger partial charge in [0.2, 0.25) is 0 Å². The van der Waals surface area contributed by atoms with Gasteiger partial charge in [0.15, 0.2) is 0 Å². The van der Waals surface area contributed by atoms with Gasteiger partial charge in [0.05, 0.1) is 5.57 Å². The van der Waals surface area contributed by atoms with Gasteiger partial charge in [-0.25, -0.2) is 0 Å². The molecule has 0 bridgehead atoms. The molecule has 0 spiro atoms. The van der Waals surface area contributed by atoms with Crippen molar-refractivity contribution in [3.8, 4) is 0 Å². The minimum atomic E-state index is -0.137. The Bertz CT molecular complexity index is 778. The zero-order valence-corrected chi connectivity index (χ0v) is 16.7. The van der Waals surface area contributed by atoms with Crippen molar-refractivity contribution in [2.45, 2.75) is 57.9 Å². The standard InChI is InChI=1S/C23H30N2O3/c1-16-9-11-18(12-10-16)20-21(24-13-5-6-17(14-24)15-26)23(28)25(22(20)27)19-7-3-2-4-8-19/h9-12,17,19,26H,2-8,13-15H2,1H3. The van der Waals surface area contributed by atoms with Crippen LogP contribution < -0.4 is 0 Å². The van der Waals surface area contributed by atoms with Crippen molar-refractivity contribution in [2.75, 3.05) is 19.7 Å². The zero-order chi connectivity index (χ0) is 19.7. The van der Waals surface area contributed by atoms with Gasteiger partial charge in [-0.3, -0.25) is 14.5 Å². The first kappa shape index (κ1) is 19.2. The second kappa shape index (κ2) is 8.08. The first-order chi connectivity index (χ1) is 13.6. The molecule has 5 nitrogen and oxygen atoms in total. The van der Waals surface area contributed by atoms with Crippen LogP contribution in [0.5, 0.6) is 0 Å². The number of aliphatic hydroxyl groups is 1. The molecule has 0 radical (unpaired) electrons. The number of piperidine rings is 1. The number of likely N-dealkylation sites (tertiary alicyclic amines) is 1. The number of nitrogens with zero attached hydrogens (tertiary/aromatic N) is 2. The fourth-order valence-corrected chi connectivity index (χ4v) is 4.90. The van der Waals surface area contributed by atoms with Crippen LogP contribution in [-0.2, 0) is 9.59 Å². The monoisotopic (exact) mass is 382 g/mol. The second-order valence-electron chi connectivity index (χ2n) is 8.50. The number of aryl methyl sites for hydroxylation is 1. The molecule has 2 amide bonds. The van der Waals surface area contributed by atoms with E-state index in [1.54, 1.807) is 4.90 Å². The Balaban J connectivity index is 1.74. The van der Waals surface area contributed by atoms with Crippen molar-refractivity contribution < 1.29 is 14.7 Å². The van der Waals surface area contributed by atoms with Crippen LogP contribution >= 0.6 is 0 Å². The molecule has 3 aliphatic rings. The van der Waals surface area contributed by atoms with Gasteiger partial charge < -0.3 is 10.0 Å². The summed E-state index contributed by atoms with van der Waals surface area (Å²) in [7, 11) is 0. The van der Waals surface area contributed by atoms with Crippen molar-refractivity contribution >= 4 is 17.4 Å². The summed E-state index contributed by atoms with van der Waals surface area (Å²) < 4.78 is 0. The number of hydrogen-bond acceptors (Lipinski definition) is 4. The van der Waals surface area contributed by atoms with Crippen molar-refractivity contribution in [3.63, 3.8) is 0 Å². The Hall–Kier alpha value is -2.14. The summed E-state index contributed by atoms with van der Waals surface area (Å²) in [4.78, 5) is 30.6. The van der Waals surface area contributed by atoms with Gasteiger partial charge in [-0.15, -0.1) is 0 Å². The van der Waals surface area contributed by atoms with E-state index in [1.807, 2.05) is 31.2 Å². The van der Waals surface area contributed by atoms with Gasteiger partial charge in [-0.2, -0.15) is 0 Å². The maximum absolute atomic E-state index is 13.5. The smallest absolute Gasteiger partial charge is 0.278 e. The molecule has 2 aliphatic heterocycles. The average Bonchev–Trinajstić information content (AvgIpc) is 2.99. The minimum Gasteiger partial charge on any atom is -0.396 e. The van der Waals surface area contributed by atoms with E-state index in [9.17, 15) is 14.7 Å². The highest BCUT2D eigenvalue weighted by molar-refractivity contribution is 6.35. The molecule has 0 aromatic heterocycles. The number of carbonyl (C=O) groups is 2.